The molecule has 8 nitrogen and oxygen atoms in total. The van der Waals surface area contributed by atoms with E-state index in [1.807, 2.05) is 16.8 Å². The normalized spacial score (nSPS) is 16.9. The van der Waals surface area contributed by atoms with Gasteiger partial charge in [0.2, 0.25) is 0 Å². The first-order valence-electron chi connectivity index (χ1n) is 10.8. The van der Waals surface area contributed by atoms with E-state index in [9.17, 15) is 4.79 Å². The summed E-state index contributed by atoms with van der Waals surface area (Å²) < 4.78 is 12.7. The maximum Gasteiger partial charge on any atom is 0.272 e. The number of aryl methyl sites for hydroxylation is 1. The lowest BCUT2D eigenvalue weighted by Gasteiger charge is -2.36. The van der Waals surface area contributed by atoms with E-state index >= 15 is 0 Å². The zero-order chi connectivity index (χ0) is 20.9. The minimum atomic E-state index is -0.0965. The van der Waals surface area contributed by atoms with Crippen LogP contribution in [0.5, 0.6) is 5.75 Å². The van der Waals surface area contributed by atoms with Crippen LogP contribution in [0, 0.1) is 0 Å². The van der Waals surface area contributed by atoms with E-state index < -0.39 is 0 Å². The largest absolute Gasteiger partial charge is 0.497 e. The molecule has 1 fully saturated rings. The second-order valence-corrected chi connectivity index (χ2v) is 7.67. The fourth-order valence-corrected chi connectivity index (χ4v) is 4.19. The van der Waals surface area contributed by atoms with E-state index in [0.29, 0.717) is 25.5 Å². The van der Waals surface area contributed by atoms with Crippen molar-refractivity contribution in [2.24, 2.45) is 0 Å². The van der Waals surface area contributed by atoms with Gasteiger partial charge in [0.15, 0.2) is 5.69 Å². The van der Waals surface area contributed by atoms with Gasteiger partial charge in [0.25, 0.3) is 5.91 Å². The molecule has 2 aliphatic rings. The number of nitrogens with zero attached hydrogens (tertiary/aromatic N) is 4. The number of ether oxygens (including phenoxy) is 2. The number of carbonyl (C=O) groups excluding carboxylic acids is 1. The van der Waals surface area contributed by atoms with Crippen molar-refractivity contribution in [2.45, 2.75) is 26.5 Å². The van der Waals surface area contributed by atoms with Crippen molar-refractivity contribution < 1.29 is 14.3 Å². The van der Waals surface area contributed by atoms with Gasteiger partial charge in [-0.1, -0.05) is 0 Å². The molecule has 2 aromatic rings. The standard InChI is InChI=1S/C22H31N5O3/c1-3-27-20-8-15-30-16-19(20)21(24-27)22(28)23-9-10-25-11-13-26(14-12-25)17-4-6-18(29-2)7-5-17/h4-7H,3,8-16H2,1-2H3,(H,23,28). The average molecular weight is 414 g/mol. The molecular weight excluding hydrogens is 382 g/mol. The van der Waals surface area contributed by atoms with Gasteiger partial charge in [-0.15, -0.1) is 0 Å². The maximum absolute atomic E-state index is 12.7. The van der Waals surface area contributed by atoms with Crippen LogP contribution in [-0.4, -0.2) is 73.6 Å². The third kappa shape index (κ3) is 4.44. The van der Waals surface area contributed by atoms with Gasteiger partial charge >= 0.3 is 0 Å². The number of anilines is 1. The summed E-state index contributed by atoms with van der Waals surface area (Å²) in [6.45, 7) is 9.38. The molecule has 1 amide bonds. The number of piperazine rings is 1. The SMILES string of the molecule is CCn1nc(C(=O)NCCN2CCN(c3ccc(OC)cc3)CC2)c2c1CCOC2. The smallest absolute Gasteiger partial charge is 0.272 e. The summed E-state index contributed by atoms with van der Waals surface area (Å²) in [5.41, 5.74) is 3.84. The molecule has 0 radical (unpaired) electrons. The highest BCUT2D eigenvalue weighted by atomic mass is 16.5. The van der Waals surface area contributed by atoms with Crippen LogP contribution >= 0.6 is 0 Å². The first-order chi connectivity index (χ1) is 14.7. The molecule has 1 saturated heterocycles. The van der Waals surface area contributed by atoms with Crippen LogP contribution in [0.1, 0.15) is 28.7 Å². The molecule has 0 spiro atoms. The van der Waals surface area contributed by atoms with Gasteiger partial charge in [0.1, 0.15) is 5.75 Å². The highest BCUT2D eigenvalue weighted by Gasteiger charge is 2.25. The Balaban J connectivity index is 1.24. The van der Waals surface area contributed by atoms with Crippen LogP contribution in [0.15, 0.2) is 24.3 Å². The number of methoxy groups -OCH3 is 1. The number of fused-ring (bicyclic) bond motifs is 1. The monoisotopic (exact) mass is 413 g/mol. The van der Waals surface area contributed by atoms with Crippen LogP contribution < -0.4 is 15.0 Å². The molecule has 1 aromatic carbocycles. The predicted octanol–water partition coefficient (Wildman–Crippen LogP) is 1.54. The lowest BCUT2D eigenvalue weighted by molar-refractivity contribution is 0.0920. The molecule has 3 heterocycles. The number of hydrogen-bond acceptors (Lipinski definition) is 6. The molecule has 0 aliphatic carbocycles. The van der Waals surface area contributed by atoms with Crippen molar-refractivity contribution in [3.63, 3.8) is 0 Å². The molecule has 1 aromatic heterocycles. The second-order valence-electron chi connectivity index (χ2n) is 7.67. The van der Waals surface area contributed by atoms with Crippen LogP contribution in [-0.2, 0) is 24.3 Å². The van der Waals surface area contributed by atoms with Gasteiger partial charge < -0.3 is 19.7 Å². The number of carbonyl (C=O) groups is 1. The van der Waals surface area contributed by atoms with Gasteiger partial charge in [0, 0.05) is 69.2 Å². The minimum Gasteiger partial charge on any atom is -0.497 e. The predicted molar refractivity (Wildman–Crippen MR) is 115 cm³/mol. The molecule has 1 N–H and O–H groups in total. The summed E-state index contributed by atoms with van der Waals surface area (Å²) in [5.74, 6) is 0.783. The Kier molecular flexibility index (Phi) is 6.54. The Morgan fingerprint density at radius 2 is 1.97 bits per heavy atom. The van der Waals surface area contributed by atoms with Crippen LogP contribution in [0.2, 0.25) is 0 Å². The van der Waals surface area contributed by atoms with Crippen molar-refractivity contribution in [1.82, 2.24) is 20.0 Å². The van der Waals surface area contributed by atoms with Gasteiger partial charge in [0.05, 0.1) is 20.3 Å². The third-order valence-corrected chi connectivity index (χ3v) is 5.93. The Labute approximate surface area is 177 Å². The van der Waals surface area contributed by atoms with Gasteiger partial charge in [-0.05, 0) is 31.2 Å². The Bertz CT molecular complexity index is 856. The summed E-state index contributed by atoms with van der Waals surface area (Å²) in [6, 6.07) is 8.21. The zero-order valence-electron chi connectivity index (χ0n) is 17.9. The topological polar surface area (TPSA) is 71.9 Å². The molecule has 0 saturated carbocycles. The summed E-state index contributed by atoms with van der Waals surface area (Å²) in [6.07, 6.45) is 0.821. The summed E-state index contributed by atoms with van der Waals surface area (Å²) >= 11 is 0. The first-order valence-corrected chi connectivity index (χ1v) is 10.8. The molecule has 0 bridgehead atoms. The molecule has 0 atom stereocenters. The van der Waals surface area contributed by atoms with Crippen LogP contribution in [0.3, 0.4) is 0 Å². The summed E-state index contributed by atoms with van der Waals surface area (Å²) in [4.78, 5) is 17.5. The number of amides is 1. The van der Waals surface area contributed by atoms with E-state index in [4.69, 9.17) is 9.47 Å². The first kappa shape index (κ1) is 20.7. The van der Waals surface area contributed by atoms with Crippen LogP contribution in [0.25, 0.3) is 0 Å². The number of benzene rings is 1. The number of nitrogens with one attached hydrogen (secondary N) is 1. The van der Waals surface area contributed by atoms with Crippen molar-refractivity contribution in [3.8, 4) is 5.75 Å². The summed E-state index contributed by atoms with van der Waals surface area (Å²) in [5, 5.41) is 7.58. The van der Waals surface area contributed by atoms with Crippen molar-refractivity contribution in [1.29, 1.82) is 0 Å². The minimum absolute atomic E-state index is 0.0965. The Morgan fingerprint density at radius 3 is 2.67 bits per heavy atom. The van der Waals surface area contributed by atoms with Crippen molar-refractivity contribution >= 4 is 11.6 Å². The molecule has 162 valence electrons. The van der Waals surface area contributed by atoms with E-state index in [-0.39, 0.29) is 5.91 Å². The number of rotatable bonds is 7. The van der Waals surface area contributed by atoms with E-state index in [1.165, 1.54) is 5.69 Å². The number of aromatic nitrogens is 2. The van der Waals surface area contributed by atoms with Gasteiger partial charge in [-0.3, -0.25) is 14.4 Å². The van der Waals surface area contributed by atoms with Crippen LogP contribution in [0.4, 0.5) is 5.69 Å². The zero-order valence-corrected chi connectivity index (χ0v) is 17.9. The summed E-state index contributed by atoms with van der Waals surface area (Å²) in [7, 11) is 1.68. The fourth-order valence-electron chi connectivity index (χ4n) is 4.19. The lowest BCUT2D eigenvalue weighted by Crippen LogP contribution is -2.48. The molecule has 2 aliphatic heterocycles. The molecule has 0 unspecified atom stereocenters. The average Bonchev–Trinajstić information content (AvgIpc) is 3.18. The molecule has 8 heteroatoms. The Morgan fingerprint density at radius 1 is 1.20 bits per heavy atom. The van der Waals surface area contributed by atoms with E-state index in [0.717, 1.165) is 62.7 Å². The second kappa shape index (κ2) is 9.49. The highest BCUT2D eigenvalue weighted by Crippen LogP contribution is 2.22. The van der Waals surface area contributed by atoms with E-state index in [1.54, 1.807) is 7.11 Å². The van der Waals surface area contributed by atoms with E-state index in [2.05, 4.69) is 39.3 Å². The molecule has 30 heavy (non-hydrogen) atoms. The highest BCUT2D eigenvalue weighted by molar-refractivity contribution is 5.94. The maximum atomic E-state index is 12.7. The van der Waals surface area contributed by atoms with Gasteiger partial charge in [-0.2, -0.15) is 5.10 Å². The lowest BCUT2D eigenvalue weighted by atomic mass is 10.1. The van der Waals surface area contributed by atoms with Crippen molar-refractivity contribution in [2.75, 3.05) is 57.9 Å². The third-order valence-electron chi connectivity index (χ3n) is 5.93. The quantitative estimate of drug-likeness (QED) is 0.742. The molecular formula is C22H31N5O3. The fraction of sp³-hybridized carbons (Fsp3) is 0.545. The number of hydrogen-bond donors (Lipinski definition) is 1. The van der Waals surface area contributed by atoms with Crippen molar-refractivity contribution in [3.05, 3.63) is 41.2 Å². The Hall–Kier alpha value is -2.58. The molecule has 4 rings (SSSR count). The van der Waals surface area contributed by atoms with Gasteiger partial charge in [-0.25, -0.2) is 0 Å².